The fourth-order valence-corrected chi connectivity index (χ4v) is 3.39. The quantitative estimate of drug-likeness (QED) is 0.841. The van der Waals surface area contributed by atoms with Crippen LogP contribution in [-0.2, 0) is 4.79 Å². The average Bonchev–Trinajstić information content (AvgIpc) is 2.62. The lowest BCUT2D eigenvalue weighted by molar-refractivity contribution is -0.137. The van der Waals surface area contributed by atoms with Crippen molar-refractivity contribution in [3.63, 3.8) is 0 Å². The van der Waals surface area contributed by atoms with Crippen molar-refractivity contribution in [1.82, 2.24) is 15.1 Å². The summed E-state index contributed by atoms with van der Waals surface area (Å²) >= 11 is 0. The van der Waals surface area contributed by atoms with Gasteiger partial charge in [0.2, 0.25) is 5.91 Å². The zero-order valence-corrected chi connectivity index (χ0v) is 13.7. The summed E-state index contributed by atoms with van der Waals surface area (Å²) in [6, 6.07) is 7.34. The second kappa shape index (κ2) is 7.19. The molecule has 1 amide bonds. The lowest BCUT2D eigenvalue weighted by Crippen LogP contribution is -2.57. The highest BCUT2D eigenvalue weighted by Gasteiger charge is 2.29. The SMILES string of the molecule is CC(C(=O)N1CCN(c2ccccc2O)CC1)N1CCNCC1. The highest BCUT2D eigenvalue weighted by atomic mass is 16.3. The van der Waals surface area contributed by atoms with Gasteiger partial charge in [-0.25, -0.2) is 0 Å². The van der Waals surface area contributed by atoms with Gasteiger partial charge in [0.05, 0.1) is 11.7 Å². The van der Waals surface area contributed by atoms with Crippen molar-refractivity contribution in [2.45, 2.75) is 13.0 Å². The number of phenols is 1. The van der Waals surface area contributed by atoms with E-state index >= 15 is 0 Å². The normalized spacial score (nSPS) is 21.3. The number of amides is 1. The average molecular weight is 318 g/mol. The zero-order valence-electron chi connectivity index (χ0n) is 13.7. The van der Waals surface area contributed by atoms with E-state index < -0.39 is 0 Å². The number of benzene rings is 1. The first-order chi connectivity index (χ1) is 11.2. The first kappa shape index (κ1) is 16.1. The standard InChI is InChI=1S/C17H26N4O2/c1-14(19-8-6-18-7-9-19)17(23)21-12-10-20(11-13-21)15-4-2-3-5-16(15)22/h2-5,14,18,22H,6-13H2,1H3. The number of rotatable bonds is 3. The number of carbonyl (C=O) groups excluding carboxylic acids is 1. The van der Waals surface area contributed by atoms with Gasteiger partial charge in [-0.2, -0.15) is 0 Å². The van der Waals surface area contributed by atoms with E-state index in [-0.39, 0.29) is 11.9 Å². The topological polar surface area (TPSA) is 59.1 Å². The molecule has 2 aliphatic heterocycles. The van der Waals surface area contributed by atoms with Crippen molar-refractivity contribution in [2.75, 3.05) is 57.3 Å². The minimum atomic E-state index is -0.0474. The monoisotopic (exact) mass is 318 g/mol. The predicted octanol–water partition coefficient (Wildman–Crippen LogP) is 0.335. The van der Waals surface area contributed by atoms with Crippen molar-refractivity contribution >= 4 is 11.6 Å². The van der Waals surface area contributed by atoms with Gasteiger partial charge >= 0.3 is 0 Å². The third kappa shape index (κ3) is 3.59. The van der Waals surface area contributed by atoms with E-state index in [4.69, 9.17) is 0 Å². The van der Waals surface area contributed by atoms with Gasteiger partial charge in [-0.3, -0.25) is 9.69 Å². The van der Waals surface area contributed by atoms with Gasteiger partial charge in [-0.05, 0) is 19.1 Å². The van der Waals surface area contributed by atoms with Crippen LogP contribution in [-0.4, -0.2) is 79.2 Å². The molecule has 0 aliphatic carbocycles. The van der Waals surface area contributed by atoms with Crippen LogP contribution in [0.15, 0.2) is 24.3 Å². The van der Waals surface area contributed by atoms with E-state index in [1.165, 1.54) is 0 Å². The van der Waals surface area contributed by atoms with E-state index in [1.54, 1.807) is 6.07 Å². The molecule has 0 saturated carbocycles. The largest absolute Gasteiger partial charge is 0.506 e. The van der Waals surface area contributed by atoms with E-state index in [1.807, 2.05) is 30.0 Å². The Morgan fingerprint density at radius 1 is 1.09 bits per heavy atom. The fourth-order valence-electron chi connectivity index (χ4n) is 3.39. The molecule has 6 nitrogen and oxygen atoms in total. The molecule has 2 saturated heterocycles. The van der Waals surface area contributed by atoms with E-state index in [9.17, 15) is 9.90 Å². The van der Waals surface area contributed by atoms with Crippen LogP contribution in [0.1, 0.15) is 6.92 Å². The van der Waals surface area contributed by atoms with Gasteiger partial charge in [0.1, 0.15) is 5.75 Å². The minimum Gasteiger partial charge on any atom is -0.506 e. The number of anilines is 1. The number of aromatic hydroxyl groups is 1. The molecule has 1 aromatic carbocycles. The molecule has 1 atom stereocenters. The molecular formula is C17H26N4O2. The number of hydrogen-bond donors (Lipinski definition) is 2. The molecule has 2 fully saturated rings. The Morgan fingerprint density at radius 2 is 1.74 bits per heavy atom. The Morgan fingerprint density at radius 3 is 2.39 bits per heavy atom. The summed E-state index contributed by atoms with van der Waals surface area (Å²) in [7, 11) is 0. The molecule has 6 heteroatoms. The van der Waals surface area contributed by atoms with Crippen molar-refractivity contribution in [1.29, 1.82) is 0 Å². The van der Waals surface area contributed by atoms with Crippen LogP contribution < -0.4 is 10.2 Å². The van der Waals surface area contributed by atoms with Gasteiger partial charge in [-0.1, -0.05) is 12.1 Å². The maximum Gasteiger partial charge on any atom is 0.239 e. The van der Waals surface area contributed by atoms with Crippen molar-refractivity contribution in [2.24, 2.45) is 0 Å². The lowest BCUT2D eigenvalue weighted by atomic mass is 10.1. The van der Waals surface area contributed by atoms with E-state index in [0.29, 0.717) is 18.8 Å². The van der Waals surface area contributed by atoms with Crippen molar-refractivity contribution in [3.8, 4) is 5.75 Å². The van der Waals surface area contributed by atoms with Crippen molar-refractivity contribution < 1.29 is 9.90 Å². The summed E-state index contributed by atoms with van der Waals surface area (Å²) in [5.41, 5.74) is 0.856. The van der Waals surface area contributed by atoms with Crippen LogP contribution in [0.2, 0.25) is 0 Å². The van der Waals surface area contributed by atoms with Gasteiger partial charge in [0.15, 0.2) is 0 Å². The fraction of sp³-hybridized carbons (Fsp3) is 0.588. The molecule has 126 valence electrons. The molecule has 0 radical (unpaired) electrons. The number of nitrogens with one attached hydrogen (secondary N) is 1. The van der Waals surface area contributed by atoms with Crippen molar-refractivity contribution in [3.05, 3.63) is 24.3 Å². The predicted molar refractivity (Wildman–Crippen MR) is 90.8 cm³/mol. The zero-order chi connectivity index (χ0) is 16.2. The number of phenolic OH excluding ortho intramolecular Hbond substituents is 1. The smallest absolute Gasteiger partial charge is 0.239 e. The molecule has 0 bridgehead atoms. The van der Waals surface area contributed by atoms with Gasteiger partial charge in [-0.15, -0.1) is 0 Å². The molecule has 1 aromatic rings. The summed E-state index contributed by atoms with van der Waals surface area (Å²) < 4.78 is 0. The van der Waals surface area contributed by atoms with Crippen LogP contribution in [0.4, 0.5) is 5.69 Å². The van der Waals surface area contributed by atoms with E-state index in [0.717, 1.165) is 45.0 Å². The number of nitrogens with zero attached hydrogens (tertiary/aromatic N) is 3. The molecule has 2 aliphatic rings. The third-order valence-corrected chi connectivity index (χ3v) is 4.87. The highest BCUT2D eigenvalue weighted by molar-refractivity contribution is 5.81. The Labute approximate surface area is 137 Å². The second-order valence-electron chi connectivity index (χ2n) is 6.26. The Kier molecular flexibility index (Phi) is 5.03. The Bertz CT molecular complexity index is 537. The summed E-state index contributed by atoms with van der Waals surface area (Å²) in [6.45, 7) is 8.75. The molecule has 0 aromatic heterocycles. The number of hydrogen-bond acceptors (Lipinski definition) is 5. The third-order valence-electron chi connectivity index (χ3n) is 4.87. The van der Waals surface area contributed by atoms with Crippen LogP contribution in [0, 0.1) is 0 Å². The molecule has 0 spiro atoms. The maximum atomic E-state index is 12.7. The maximum absolute atomic E-state index is 12.7. The Balaban J connectivity index is 1.56. The Hall–Kier alpha value is -1.79. The highest BCUT2D eigenvalue weighted by Crippen LogP contribution is 2.27. The minimum absolute atomic E-state index is 0.0474. The number of para-hydroxylation sites is 2. The lowest BCUT2D eigenvalue weighted by Gasteiger charge is -2.40. The summed E-state index contributed by atoms with van der Waals surface area (Å²) in [5.74, 6) is 0.533. The first-order valence-electron chi connectivity index (χ1n) is 8.43. The van der Waals surface area contributed by atoms with Crippen LogP contribution in [0.3, 0.4) is 0 Å². The molecule has 23 heavy (non-hydrogen) atoms. The van der Waals surface area contributed by atoms with E-state index in [2.05, 4.69) is 15.1 Å². The second-order valence-corrected chi connectivity index (χ2v) is 6.26. The van der Waals surface area contributed by atoms with Gasteiger partial charge in [0, 0.05) is 52.4 Å². The summed E-state index contributed by atoms with van der Waals surface area (Å²) in [5, 5.41) is 13.3. The summed E-state index contributed by atoms with van der Waals surface area (Å²) in [4.78, 5) is 19.1. The molecule has 2 heterocycles. The van der Waals surface area contributed by atoms with Crippen LogP contribution >= 0.6 is 0 Å². The van der Waals surface area contributed by atoms with Gasteiger partial charge in [0.25, 0.3) is 0 Å². The summed E-state index contributed by atoms with van der Waals surface area (Å²) in [6.07, 6.45) is 0. The molecule has 1 unspecified atom stereocenters. The number of piperazine rings is 2. The molecule has 3 rings (SSSR count). The number of carbonyl (C=O) groups is 1. The first-order valence-corrected chi connectivity index (χ1v) is 8.43. The molecule has 2 N–H and O–H groups in total. The van der Waals surface area contributed by atoms with Crippen LogP contribution in [0.5, 0.6) is 5.75 Å². The van der Waals surface area contributed by atoms with Crippen LogP contribution in [0.25, 0.3) is 0 Å². The van der Waals surface area contributed by atoms with Gasteiger partial charge < -0.3 is 20.2 Å². The molecular weight excluding hydrogens is 292 g/mol.